The summed E-state index contributed by atoms with van der Waals surface area (Å²) < 4.78 is 48.4. The Hall–Kier alpha value is -2.98. The molecule has 1 heterocycles. The Morgan fingerprint density at radius 2 is 1.45 bits per heavy atom. The minimum absolute atomic E-state index is 0.0930. The number of ether oxygens (including phenoxy) is 4. The minimum Gasteiger partial charge on any atom is -0.495 e. The number of nitrogens with zero attached hydrogens (tertiary/aromatic N) is 1. The molecule has 3 rings (SSSR count). The average molecular weight is 451 g/mol. The molecule has 0 spiro atoms. The Balaban J connectivity index is 1.95. The predicted molar refractivity (Wildman–Crippen MR) is 115 cm³/mol. The highest BCUT2D eigenvalue weighted by Crippen LogP contribution is 2.38. The molecule has 0 bridgehead atoms. The summed E-state index contributed by atoms with van der Waals surface area (Å²) in [5.74, 6) is 0.848. The Bertz CT molecular complexity index is 1040. The van der Waals surface area contributed by atoms with Gasteiger partial charge in [-0.25, -0.2) is 8.42 Å². The molecule has 2 aromatic carbocycles. The molecule has 168 valence electrons. The topological polar surface area (TPSA) is 103 Å². The number of carbonyl (C=O) groups is 1. The summed E-state index contributed by atoms with van der Waals surface area (Å²) in [6, 6.07) is 7.42. The Kier molecular flexibility index (Phi) is 6.91. The lowest BCUT2D eigenvalue weighted by molar-refractivity contribution is 0.102. The fraction of sp³-hybridized carbons (Fsp3) is 0.381. The van der Waals surface area contributed by atoms with Crippen LogP contribution in [-0.4, -0.2) is 60.2 Å². The van der Waals surface area contributed by atoms with Crippen LogP contribution in [0.15, 0.2) is 35.2 Å². The second-order valence-corrected chi connectivity index (χ2v) is 8.78. The maximum Gasteiger partial charge on any atom is 0.256 e. The molecule has 0 aliphatic carbocycles. The lowest BCUT2D eigenvalue weighted by Gasteiger charge is -2.18. The van der Waals surface area contributed by atoms with E-state index in [1.807, 2.05) is 0 Å². The van der Waals surface area contributed by atoms with E-state index in [0.717, 1.165) is 12.8 Å². The zero-order valence-electron chi connectivity index (χ0n) is 17.9. The van der Waals surface area contributed by atoms with Gasteiger partial charge in [0.2, 0.25) is 15.8 Å². The molecule has 2 aromatic rings. The van der Waals surface area contributed by atoms with E-state index >= 15 is 0 Å². The van der Waals surface area contributed by atoms with Crippen molar-refractivity contribution in [3.8, 4) is 23.0 Å². The van der Waals surface area contributed by atoms with Gasteiger partial charge in [0.05, 0.1) is 39.0 Å². The number of nitrogens with one attached hydrogen (secondary N) is 1. The molecule has 0 aromatic heterocycles. The van der Waals surface area contributed by atoms with Gasteiger partial charge in [0.15, 0.2) is 11.5 Å². The molecular formula is C21H26N2O7S. The zero-order chi connectivity index (χ0) is 22.6. The number of carbonyl (C=O) groups excluding carboxylic acids is 1. The third-order valence-corrected chi connectivity index (χ3v) is 6.94. The number of hydrogen-bond donors (Lipinski definition) is 1. The molecule has 1 amide bonds. The second kappa shape index (κ2) is 9.44. The number of methoxy groups -OCH3 is 4. The van der Waals surface area contributed by atoms with Gasteiger partial charge in [-0.05, 0) is 43.2 Å². The van der Waals surface area contributed by atoms with Gasteiger partial charge in [-0.3, -0.25) is 4.79 Å². The van der Waals surface area contributed by atoms with Crippen molar-refractivity contribution in [1.29, 1.82) is 0 Å². The van der Waals surface area contributed by atoms with E-state index in [2.05, 4.69) is 5.32 Å². The maximum absolute atomic E-state index is 13.0. The van der Waals surface area contributed by atoms with Crippen molar-refractivity contribution in [2.45, 2.75) is 17.7 Å². The van der Waals surface area contributed by atoms with E-state index in [1.54, 1.807) is 0 Å². The predicted octanol–water partition coefficient (Wildman–Crippen LogP) is 2.76. The first-order valence-corrected chi connectivity index (χ1v) is 11.1. The zero-order valence-corrected chi connectivity index (χ0v) is 18.7. The van der Waals surface area contributed by atoms with E-state index in [9.17, 15) is 13.2 Å². The number of rotatable bonds is 8. The van der Waals surface area contributed by atoms with Crippen LogP contribution in [0.1, 0.15) is 23.2 Å². The van der Waals surface area contributed by atoms with Crippen LogP contribution < -0.4 is 24.3 Å². The van der Waals surface area contributed by atoms with Crippen LogP contribution in [0.3, 0.4) is 0 Å². The SMILES string of the molecule is COc1ccc(S(=O)(=O)N2CCCC2)cc1NC(=O)c1cc(OC)c(OC)c(OC)c1. The smallest absolute Gasteiger partial charge is 0.256 e. The van der Waals surface area contributed by atoms with Gasteiger partial charge in [0.1, 0.15) is 5.75 Å². The van der Waals surface area contributed by atoms with Gasteiger partial charge in [0.25, 0.3) is 5.91 Å². The lowest BCUT2D eigenvalue weighted by Crippen LogP contribution is -2.28. The van der Waals surface area contributed by atoms with Crippen molar-refractivity contribution >= 4 is 21.6 Å². The highest BCUT2D eigenvalue weighted by atomic mass is 32.2. The summed E-state index contributed by atoms with van der Waals surface area (Å²) in [7, 11) is 2.17. The molecule has 31 heavy (non-hydrogen) atoms. The lowest BCUT2D eigenvalue weighted by atomic mass is 10.1. The Morgan fingerprint density at radius 3 is 1.97 bits per heavy atom. The average Bonchev–Trinajstić information content (AvgIpc) is 3.33. The first kappa shape index (κ1) is 22.7. The van der Waals surface area contributed by atoms with E-state index in [1.165, 1.54) is 63.1 Å². The molecule has 0 unspecified atom stereocenters. The molecule has 1 aliphatic rings. The van der Waals surface area contributed by atoms with Crippen molar-refractivity contribution < 1.29 is 32.2 Å². The molecule has 9 nitrogen and oxygen atoms in total. The van der Waals surface area contributed by atoms with Crippen LogP contribution in [0.4, 0.5) is 5.69 Å². The van der Waals surface area contributed by atoms with Crippen molar-refractivity contribution in [3.63, 3.8) is 0 Å². The van der Waals surface area contributed by atoms with Gasteiger partial charge in [-0.15, -0.1) is 0 Å². The largest absolute Gasteiger partial charge is 0.495 e. The van der Waals surface area contributed by atoms with Crippen molar-refractivity contribution in [2.75, 3.05) is 46.8 Å². The van der Waals surface area contributed by atoms with Crippen molar-refractivity contribution in [2.24, 2.45) is 0 Å². The maximum atomic E-state index is 13.0. The first-order valence-electron chi connectivity index (χ1n) is 9.65. The van der Waals surface area contributed by atoms with E-state index in [0.29, 0.717) is 36.1 Å². The summed E-state index contributed by atoms with van der Waals surface area (Å²) in [6.07, 6.45) is 1.67. The molecule has 1 fully saturated rings. The first-order chi connectivity index (χ1) is 14.8. The van der Waals surface area contributed by atoms with Gasteiger partial charge in [0, 0.05) is 18.7 Å². The molecule has 0 atom stereocenters. The molecule has 1 saturated heterocycles. The number of hydrogen-bond acceptors (Lipinski definition) is 7. The number of benzene rings is 2. The van der Waals surface area contributed by atoms with Crippen LogP contribution in [0.25, 0.3) is 0 Å². The normalized spacial score (nSPS) is 14.2. The number of amides is 1. The standard InChI is InChI=1S/C21H26N2O7S/c1-27-17-8-7-15(31(25,26)23-9-5-6-10-23)13-16(17)22-21(24)14-11-18(28-2)20(30-4)19(12-14)29-3/h7-8,11-13H,5-6,9-10H2,1-4H3,(H,22,24). The molecule has 1 N–H and O–H groups in total. The van der Waals surface area contributed by atoms with Gasteiger partial charge in [-0.1, -0.05) is 0 Å². The third-order valence-electron chi connectivity index (χ3n) is 5.05. The fourth-order valence-electron chi connectivity index (χ4n) is 3.43. The van der Waals surface area contributed by atoms with E-state index in [4.69, 9.17) is 18.9 Å². The highest BCUT2D eigenvalue weighted by molar-refractivity contribution is 7.89. The molecule has 0 radical (unpaired) electrons. The second-order valence-electron chi connectivity index (χ2n) is 6.84. The summed E-state index contributed by atoms with van der Waals surface area (Å²) in [6.45, 7) is 0.975. The summed E-state index contributed by atoms with van der Waals surface area (Å²) in [5.41, 5.74) is 0.478. The highest BCUT2D eigenvalue weighted by Gasteiger charge is 2.28. The van der Waals surface area contributed by atoms with E-state index in [-0.39, 0.29) is 16.1 Å². The Morgan fingerprint density at radius 1 is 0.871 bits per heavy atom. The summed E-state index contributed by atoms with van der Waals surface area (Å²) in [5, 5.41) is 2.72. The molecular weight excluding hydrogens is 424 g/mol. The van der Waals surface area contributed by atoms with Gasteiger partial charge < -0.3 is 24.3 Å². The monoisotopic (exact) mass is 450 g/mol. The molecule has 0 saturated carbocycles. The van der Waals surface area contributed by atoms with Crippen LogP contribution in [0.5, 0.6) is 23.0 Å². The fourth-order valence-corrected chi connectivity index (χ4v) is 4.97. The van der Waals surface area contributed by atoms with Crippen molar-refractivity contribution in [3.05, 3.63) is 35.9 Å². The van der Waals surface area contributed by atoms with Crippen LogP contribution >= 0.6 is 0 Å². The molecule has 10 heteroatoms. The Labute approximate surface area is 181 Å². The van der Waals surface area contributed by atoms with E-state index < -0.39 is 15.9 Å². The quantitative estimate of drug-likeness (QED) is 0.660. The third kappa shape index (κ3) is 4.54. The molecule has 1 aliphatic heterocycles. The van der Waals surface area contributed by atoms with Crippen molar-refractivity contribution in [1.82, 2.24) is 4.31 Å². The summed E-state index contributed by atoms with van der Waals surface area (Å²) in [4.78, 5) is 13.0. The van der Waals surface area contributed by atoms with Crippen LogP contribution in [0.2, 0.25) is 0 Å². The minimum atomic E-state index is -3.65. The van der Waals surface area contributed by atoms with Gasteiger partial charge >= 0.3 is 0 Å². The number of anilines is 1. The van der Waals surface area contributed by atoms with Crippen LogP contribution in [0, 0.1) is 0 Å². The number of sulfonamides is 1. The van der Waals surface area contributed by atoms with Crippen LogP contribution in [-0.2, 0) is 10.0 Å². The van der Waals surface area contributed by atoms with Gasteiger partial charge in [-0.2, -0.15) is 4.31 Å². The summed E-state index contributed by atoms with van der Waals surface area (Å²) >= 11 is 0.